The lowest BCUT2D eigenvalue weighted by Gasteiger charge is -2.31. The smallest absolute Gasteiger partial charge is 0.268 e. The fourth-order valence-electron chi connectivity index (χ4n) is 2.99. The molecule has 0 spiro atoms. The second kappa shape index (κ2) is 6.90. The molecule has 1 aromatic rings. The molecule has 5 nitrogen and oxygen atoms in total. The van der Waals surface area contributed by atoms with Crippen molar-refractivity contribution < 1.29 is 9.21 Å². The van der Waals surface area contributed by atoms with Crippen molar-refractivity contribution in [3.8, 4) is 0 Å². The van der Waals surface area contributed by atoms with Gasteiger partial charge in [-0.25, -0.2) is 5.84 Å². The molecule has 5 heteroatoms. The fraction of sp³-hybridized carbons (Fsp3) is 0.667. The molecule has 0 aromatic carbocycles. The maximum atomic E-state index is 11.5. The van der Waals surface area contributed by atoms with Crippen LogP contribution in [-0.4, -0.2) is 23.9 Å². The second-order valence-electron chi connectivity index (χ2n) is 5.66. The molecule has 0 saturated carbocycles. The zero-order valence-electron chi connectivity index (χ0n) is 12.4. The summed E-state index contributed by atoms with van der Waals surface area (Å²) in [6.45, 7) is 7.05. The van der Waals surface area contributed by atoms with Gasteiger partial charge in [-0.05, 0) is 44.8 Å². The number of hydrazine groups is 1. The predicted molar refractivity (Wildman–Crippen MR) is 78.0 cm³/mol. The summed E-state index contributed by atoms with van der Waals surface area (Å²) in [7, 11) is 0. The molecule has 0 aliphatic carbocycles. The van der Waals surface area contributed by atoms with Gasteiger partial charge >= 0.3 is 0 Å². The average Bonchev–Trinajstić information content (AvgIpc) is 2.81. The number of nitrogens with one attached hydrogen (secondary N) is 1. The molecule has 20 heavy (non-hydrogen) atoms. The number of likely N-dealkylation sites (tertiary alicyclic amines) is 1. The highest BCUT2D eigenvalue weighted by Crippen LogP contribution is 2.24. The van der Waals surface area contributed by atoms with Crippen molar-refractivity contribution in [1.82, 2.24) is 10.3 Å². The summed E-state index contributed by atoms with van der Waals surface area (Å²) >= 11 is 0. The molecule has 2 heterocycles. The van der Waals surface area contributed by atoms with Gasteiger partial charge in [0.2, 0.25) is 0 Å². The van der Waals surface area contributed by atoms with Crippen molar-refractivity contribution in [3.05, 3.63) is 23.2 Å². The lowest BCUT2D eigenvalue weighted by Crippen LogP contribution is -2.33. The Kier molecular flexibility index (Phi) is 5.20. The predicted octanol–water partition coefficient (Wildman–Crippen LogP) is 2.20. The molecule has 112 valence electrons. The van der Waals surface area contributed by atoms with E-state index >= 15 is 0 Å². The van der Waals surface area contributed by atoms with E-state index in [1.54, 1.807) is 13.0 Å². The number of nitrogens with zero attached hydrogens (tertiary/aromatic N) is 1. The Morgan fingerprint density at radius 2 is 2.20 bits per heavy atom. The molecule has 1 aromatic heterocycles. The molecule has 2 rings (SSSR count). The monoisotopic (exact) mass is 279 g/mol. The van der Waals surface area contributed by atoms with Gasteiger partial charge in [-0.2, -0.15) is 0 Å². The van der Waals surface area contributed by atoms with Gasteiger partial charge in [0.05, 0.1) is 12.1 Å². The Balaban J connectivity index is 1.90. The molecule has 1 aliphatic heterocycles. The minimum absolute atomic E-state index is 0.292. The van der Waals surface area contributed by atoms with E-state index in [4.69, 9.17) is 10.3 Å². The third-order valence-electron chi connectivity index (χ3n) is 4.13. The van der Waals surface area contributed by atoms with Crippen LogP contribution < -0.4 is 11.3 Å². The van der Waals surface area contributed by atoms with Crippen LogP contribution >= 0.6 is 0 Å². The van der Waals surface area contributed by atoms with Crippen LogP contribution in [0, 0.1) is 12.8 Å². The summed E-state index contributed by atoms with van der Waals surface area (Å²) in [5.41, 5.74) is 2.68. The van der Waals surface area contributed by atoms with E-state index in [0.29, 0.717) is 11.3 Å². The molecular weight excluding hydrogens is 254 g/mol. The summed E-state index contributed by atoms with van der Waals surface area (Å²) in [5.74, 6) is 7.22. The highest BCUT2D eigenvalue weighted by atomic mass is 16.3. The van der Waals surface area contributed by atoms with Crippen LogP contribution in [0.25, 0.3) is 0 Å². The Hall–Kier alpha value is -1.33. The first-order valence-corrected chi connectivity index (χ1v) is 7.46. The molecule has 3 N–H and O–H groups in total. The number of piperidine rings is 1. The fourth-order valence-corrected chi connectivity index (χ4v) is 2.99. The van der Waals surface area contributed by atoms with Crippen molar-refractivity contribution in [3.63, 3.8) is 0 Å². The zero-order valence-corrected chi connectivity index (χ0v) is 12.4. The average molecular weight is 279 g/mol. The summed E-state index contributed by atoms with van der Waals surface area (Å²) < 4.78 is 5.66. The Morgan fingerprint density at radius 3 is 2.80 bits per heavy atom. The first-order chi connectivity index (χ1) is 9.63. The summed E-state index contributed by atoms with van der Waals surface area (Å²) in [6, 6.07) is 1.80. The molecular formula is C15H25N3O2. The SMILES string of the molecule is CCCC1CCN(Cc2cc(C(=O)NN)c(C)o2)CC1. The van der Waals surface area contributed by atoms with Crippen molar-refractivity contribution in [2.45, 2.75) is 46.1 Å². The van der Waals surface area contributed by atoms with Crippen LogP contribution in [0.4, 0.5) is 0 Å². The lowest BCUT2D eigenvalue weighted by molar-refractivity contribution is 0.0952. The second-order valence-corrected chi connectivity index (χ2v) is 5.66. The van der Waals surface area contributed by atoms with E-state index in [1.807, 2.05) is 0 Å². The molecule has 0 unspecified atom stereocenters. The van der Waals surface area contributed by atoms with Gasteiger partial charge in [0.25, 0.3) is 5.91 Å². The number of carbonyl (C=O) groups excluding carboxylic acids is 1. The van der Waals surface area contributed by atoms with Gasteiger partial charge < -0.3 is 4.42 Å². The minimum Gasteiger partial charge on any atom is -0.464 e. The standard InChI is InChI=1S/C15H25N3O2/c1-3-4-12-5-7-18(8-6-12)10-13-9-14(11(2)20-13)15(19)17-16/h9,12H,3-8,10,16H2,1-2H3,(H,17,19). The highest BCUT2D eigenvalue weighted by molar-refractivity contribution is 5.94. The van der Waals surface area contributed by atoms with Crippen LogP contribution in [-0.2, 0) is 6.54 Å². The largest absolute Gasteiger partial charge is 0.464 e. The van der Waals surface area contributed by atoms with Crippen molar-refractivity contribution in [1.29, 1.82) is 0 Å². The highest BCUT2D eigenvalue weighted by Gasteiger charge is 2.21. The number of rotatable bonds is 5. The third-order valence-corrected chi connectivity index (χ3v) is 4.13. The number of amides is 1. The van der Waals surface area contributed by atoms with Crippen LogP contribution in [0.2, 0.25) is 0 Å². The van der Waals surface area contributed by atoms with Crippen molar-refractivity contribution >= 4 is 5.91 Å². The Bertz CT molecular complexity index is 448. The molecule has 1 aliphatic rings. The molecule has 0 bridgehead atoms. The lowest BCUT2D eigenvalue weighted by atomic mass is 9.92. The van der Waals surface area contributed by atoms with Crippen molar-refractivity contribution in [2.24, 2.45) is 11.8 Å². The zero-order chi connectivity index (χ0) is 14.5. The first-order valence-electron chi connectivity index (χ1n) is 7.46. The number of hydrogen-bond acceptors (Lipinski definition) is 4. The van der Waals surface area contributed by atoms with Crippen LogP contribution in [0.15, 0.2) is 10.5 Å². The molecule has 1 saturated heterocycles. The topological polar surface area (TPSA) is 71.5 Å². The van der Waals surface area contributed by atoms with E-state index in [2.05, 4.69) is 17.2 Å². The number of aryl methyl sites for hydroxylation is 1. The van der Waals surface area contributed by atoms with Gasteiger partial charge in [0.1, 0.15) is 11.5 Å². The maximum Gasteiger partial charge on any atom is 0.268 e. The van der Waals surface area contributed by atoms with E-state index in [-0.39, 0.29) is 5.91 Å². The molecule has 1 fully saturated rings. The molecule has 0 atom stereocenters. The van der Waals surface area contributed by atoms with E-state index in [1.165, 1.54) is 25.7 Å². The minimum atomic E-state index is -0.292. The van der Waals surface area contributed by atoms with Gasteiger partial charge in [-0.3, -0.25) is 15.1 Å². The van der Waals surface area contributed by atoms with E-state index in [9.17, 15) is 4.79 Å². The Labute approximate surface area is 120 Å². The number of hydrogen-bond donors (Lipinski definition) is 2. The normalized spacial score (nSPS) is 17.4. The number of carbonyl (C=O) groups is 1. The molecule has 0 radical (unpaired) electrons. The van der Waals surface area contributed by atoms with E-state index < -0.39 is 0 Å². The molecule has 1 amide bonds. The summed E-state index contributed by atoms with van der Waals surface area (Å²) in [6.07, 6.45) is 5.15. The summed E-state index contributed by atoms with van der Waals surface area (Å²) in [5, 5.41) is 0. The number of furan rings is 1. The van der Waals surface area contributed by atoms with Crippen LogP contribution in [0.3, 0.4) is 0 Å². The number of nitrogen functional groups attached to an aromatic ring is 1. The summed E-state index contributed by atoms with van der Waals surface area (Å²) in [4.78, 5) is 13.9. The van der Waals surface area contributed by atoms with Crippen LogP contribution in [0.5, 0.6) is 0 Å². The van der Waals surface area contributed by atoms with Crippen molar-refractivity contribution in [2.75, 3.05) is 13.1 Å². The third kappa shape index (κ3) is 3.61. The maximum absolute atomic E-state index is 11.5. The Morgan fingerprint density at radius 1 is 1.50 bits per heavy atom. The number of nitrogens with two attached hydrogens (primary N) is 1. The van der Waals surface area contributed by atoms with Gasteiger partial charge in [0, 0.05) is 0 Å². The first kappa shape index (κ1) is 15.1. The quantitative estimate of drug-likeness (QED) is 0.492. The van der Waals surface area contributed by atoms with Gasteiger partial charge in [0.15, 0.2) is 0 Å². The van der Waals surface area contributed by atoms with Gasteiger partial charge in [-0.15, -0.1) is 0 Å². The van der Waals surface area contributed by atoms with Gasteiger partial charge in [-0.1, -0.05) is 19.8 Å². The van der Waals surface area contributed by atoms with Crippen LogP contribution in [0.1, 0.15) is 54.5 Å². The van der Waals surface area contributed by atoms with E-state index in [0.717, 1.165) is 31.3 Å².